The van der Waals surface area contributed by atoms with Crippen LogP contribution in [0, 0.1) is 0 Å². The first-order valence-corrected chi connectivity index (χ1v) is 12.3. The lowest BCUT2D eigenvalue weighted by molar-refractivity contribution is 0.104. The summed E-state index contributed by atoms with van der Waals surface area (Å²) in [6.45, 7) is 2.41. The molecular formula is C26H26NO4PS. The number of likely N-dealkylation sites (N-methyl/N-ethyl adjacent to an activating group) is 1. The molecule has 1 heterocycles. The summed E-state index contributed by atoms with van der Waals surface area (Å²) in [5.74, 6) is 0.956. The normalized spacial score (nSPS) is 11.2. The van der Waals surface area contributed by atoms with Crippen LogP contribution in [-0.2, 0) is 0 Å². The Labute approximate surface area is 199 Å². The Hall–Kier alpha value is -2.92. The topological polar surface area (TPSA) is 70.0 Å². The number of nitrogens with zero attached hydrogens (tertiary/aromatic N) is 1. The minimum atomic E-state index is -0.0956. The minimum absolute atomic E-state index is 0.0956. The fourth-order valence-corrected chi connectivity index (χ4v) is 5.30. The number of carbonyl (C=O) groups excluding carboxylic acids is 1. The molecule has 0 saturated carbocycles. The second kappa shape index (κ2) is 10.3. The lowest BCUT2D eigenvalue weighted by atomic mass is 9.97. The number of fused-ring (bicyclic) bond motifs is 1. The number of aromatic hydroxyl groups is 2. The average molecular weight is 480 g/mol. The van der Waals surface area contributed by atoms with Crippen molar-refractivity contribution in [2.75, 3.05) is 32.9 Å². The molecule has 3 aromatic carbocycles. The summed E-state index contributed by atoms with van der Waals surface area (Å²) in [6.07, 6.45) is 1.02. The summed E-state index contributed by atoms with van der Waals surface area (Å²) in [7, 11) is 4.78. The van der Waals surface area contributed by atoms with E-state index in [2.05, 4.69) is 21.2 Å². The van der Waals surface area contributed by atoms with Crippen LogP contribution in [0.3, 0.4) is 0 Å². The molecule has 1 atom stereocenters. The zero-order valence-corrected chi connectivity index (χ0v) is 20.3. The first-order valence-electron chi connectivity index (χ1n) is 10.7. The maximum absolute atomic E-state index is 13.6. The van der Waals surface area contributed by atoms with E-state index < -0.39 is 0 Å². The van der Waals surface area contributed by atoms with Gasteiger partial charge in [0.25, 0.3) is 0 Å². The maximum atomic E-state index is 13.6. The summed E-state index contributed by atoms with van der Waals surface area (Å²) in [5.41, 5.74) is 2.00. The van der Waals surface area contributed by atoms with Crippen molar-refractivity contribution in [2.24, 2.45) is 0 Å². The van der Waals surface area contributed by atoms with Crippen LogP contribution in [0.25, 0.3) is 20.5 Å². The standard InChI is InChI=1S/C26H26NO4PS/c1-27(13-15-32)12-14-31-21-9-4-17(5-10-21)25(30)24-22-11-8-20(29)16-23(22)33-26(24)18-2-6-19(28)7-3-18/h2-11,16,28-29H,12-15,32H2,1H3. The molecule has 0 spiro atoms. The highest BCUT2D eigenvalue weighted by Crippen LogP contribution is 2.41. The molecule has 0 radical (unpaired) electrons. The molecule has 7 heteroatoms. The van der Waals surface area contributed by atoms with Gasteiger partial charge in [0.15, 0.2) is 5.78 Å². The Bertz CT molecular complexity index is 1250. The van der Waals surface area contributed by atoms with Crippen LogP contribution in [-0.4, -0.2) is 53.8 Å². The second-order valence-electron chi connectivity index (χ2n) is 7.83. The minimum Gasteiger partial charge on any atom is -0.508 e. The monoisotopic (exact) mass is 479 g/mol. The van der Waals surface area contributed by atoms with Crippen molar-refractivity contribution in [2.45, 2.75) is 0 Å². The fraction of sp³-hybridized carbons (Fsp3) is 0.192. The third kappa shape index (κ3) is 5.36. The number of phenolic OH excluding ortho intramolecular Hbond substituents is 2. The van der Waals surface area contributed by atoms with Crippen LogP contribution >= 0.6 is 20.6 Å². The zero-order valence-electron chi connectivity index (χ0n) is 18.3. The number of ether oxygens (including phenoxy) is 1. The molecule has 0 aliphatic carbocycles. The Morgan fingerprint density at radius 1 is 0.970 bits per heavy atom. The van der Waals surface area contributed by atoms with Gasteiger partial charge >= 0.3 is 0 Å². The molecule has 4 rings (SSSR count). The molecule has 2 N–H and O–H groups in total. The van der Waals surface area contributed by atoms with Gasteiger partial charge in [0.2, 0.25) is 0 Å². The van der Waals surface area contributed by atoms with Gasteiger partial charge in [-0.25, -0.2) is 0 Å². The number of hydrogen-bond acceptors (Lipinski definition) is 6. The van der Waals surface area contributed by atoms with Crippen molar-refractivity contribution in [1.29, 1.82) is 0 Å². The number of ketones is 1. The first kappa shape index (κ1) is 23.2. The van der Waals surface area contributed by atoms with E-state index in [1.165, 1.54) is 11.3 Å². The number of benzene rings is 3. The summed E-state index contributed by atoms with van der Waals surface area (Å²) < 4.78 is 6.66. The highest BCUT2D eigenvalue weighted by Gasteiger charge is 2.22. The van der Waals surface area contributed by atoms with Gasteiger partial charge in [0.1, 0.15) is 23.9 Å². The molecule has 1 unspecified atom stereocenters. The maximum Gasteiger partial charge on any atom is 0.195 e. The van der Waals surface area contributed by atoms with E-state index in [1.54, 1.807) is 54.6 Å². The molecule has 4 aromatic rings. The lowest BCUT2D eigenvalue weighted by Crippen LogP contribution is -2.25. The van der Waals surface area contributed by atoms with Crippen molar-refractivity contribution in [3.05, 3.63) is 77.9 Å². The fourth-order valence-electron chi connectivity index (χ4n) is 3.63. The van der Waals surface area contributed by atoms with Gasteiger partial charge in [-0.1, -0.05) is 0 Å². The highest BCUT2D eigenvalue weighted by atomic mass is 32.1. The Balaban J connectivity index is 1.62. The van der Waals surface area contributed by atoms with Crippen molar-refractivity contribution in [1.82, 2.24) is 4.90 Å². The molecule has 0 amide bonds. The van der Waals surface area contributed by atoms with E-state index in [0.717, 1.165) is 45.5 Å². The van der Waals surface area contributed by atoms with Crippen molar-refractivity contribution >= 4 is 36.4 Å². The second-order valence-corrected chi connectivity index (χ2v) is 9.46. The van der Waals surface area contributed by atoms with Gasteiger partial charge in [0, 0.05) is 39.2 Å². The van der Waals surface area contributed by atoms with E-state index in [1.807, 2.05) is 12.1 Å². The quantitative estimate of drug-likeness (QED) is 0.249. The molecule has 0 aliphatic heterocycles. The summed E-state index contributed by atoms with van der Waals surface area (Å²) in [5, 5.41) is 20.4. The Morgan fingerprint density at radius 3 is 2.36 bits per heavy atom. The van der Waals surface area contributed by atoms with E-state index in [0.29, 0.717) is 17.7 Å². The molecular weight excluding hydrogens is 453 g/mol. The van der Waals surface area contributed by atoms with Crippen LogP contribution in [0.2, 0.25) is 0 Å². The SMILES string of the molecule is CN(CCP)CCOc1ccc(C(=O)c2c(-c3ccc(O)cc3)sc3cc(O)ccc23)cc1. The first-order chi connectivity index (χ1) is 16.0. The average Bonchev–Trinajstić information content (AvgIpc) is 3.18. The summed E-state index contributed by atoms with van der Waals surface area (Å²) in [6, 6.07) is 19.1. The van der Waals surface area contributed by atoms with E-state index in [-0.39, 0.29) is 17.3 Å². The third-order valence-electron chi connectivity index (χ3n) is 5.40. The van der Waals surface area contributed by atoms with Gasteiger partial charge in [0.05, 0.1) is 0 Å². The number of hydrogen-bond donors (Lipinski definition) is 2. The smallest absolute Gasteiger partial charge is 0.195 e. The van der Waals surface area contributed by atoms with E-state index in [9.17, 15) is 15.0 Å². The van der Waals surface area contributed by atoms with Crippen LogP contribution in [0.1, 0.15) is 15.9 Å². The van der Waals surface area contributed by atoms with Gasteiger partial charge in [-0.15, -0.1) is 20.6 Å². The molecule has 0 bridgehead atoms. The zero-order chi connectivity index (χ0) is 23.4. The van der Waals surface area contributed by atoms with Crippen LogP contribution in [0.15, 0.2) is 66.7 Å². The number of thiophene rings is 1. The molecule has 1 aromatic heterocycles. The molecule has 33 heavy (non-hydrogen) atoms. The van der Waals surface area contributed by atoms with Crippen molar-refractivity contribution < 1.29 is 19.7 Å². The van der Waals surface area contributed by atoms with Gasteiger partial charge < -0.3 is 19.8 Å². The third-order valence-corrected chi connectivity index (χ3v) is 6.86. The molecule has 0 saturated heterocycles. The van der Waals surface area contributed by atoms with Gasteiger partial charge in [-0.3, -0.25) is 4.79 Å². The van der Waals surface area contributed by atoms with E-state index >= 15 is 0 Å². The number of phenols is 2. The Kier molecular flexibility index (Phi) is 7.29. The van der Waals surface area contributed by atoms with Gasteiger partial charge in [-0.2, -0.15) is 0 Å². The number of rotatable bonds is 9. The molecule has 0 fully saturated rings. The predicted octanol–water partition coefficient (Wildman–Crippen LogP) is 5.40. The summed E-state index contributed by atoms with van der Waals surface area (Å²) >= 11 is 1.45. The predicted molar refractivity (Wildman–Crippen MR) is 138 cm³/mol. The number of carbonyl (C=O) groups is 1. The molecule has 5 nitrogen and oxygen atoms in total. The van der Waals surface area contributed by atoms with Crippen molar-refractivity contribution in [3.8, 4) is 27.7 Å². The lowest BCUT2D eigenvalue weighted by Gasteiger charge is -2.15. The van der Waals surface area contributed by atoms with E-state index in [4.69, 9.17) is 4.74 Å². The van der Waals surface area contributed by atoms with Crippen molar-refractivity contribution in [3.63, 3.8) is 0 Å². The Morgan fingerprint density at radius 2 is 1.67 bits per heavy atom. The van der Waals surface area contributed by atoms with Crippen LogP contribution in [0.5, 0.6) is 17.2 Å². The van der Waals surface area contributed by atoms with Crippen LogP contribution < -0.4 is 4.74 Å². The molecule has 0 aliphatic rings. The molecule has 170 valence electrons. The van der Waals surface area contributed by atoms with Crippen LogP contribution in [0.4, 0.5) is 0 Å². The summed E-state index contributed by atoms with van der Waals surface area (Å²) in [4.78, 5) is 16.6. The largest absolute Gasteiger partial charge is 0.508 e. The van der Waals surface area contributed by atoms with Gasteiger partial charge in [-0.05, 0) is 85.5 Å². The highest BCUT2D eigenvalue weighted by molar-refractivity contribution is 7.22.